The summed E-state index contributed by atoms with van der Waals surface area (Å²) in [5, 5.41) is 17.0. The number of amides is 2. The Labute approximate surface area is 266 Å². The molecule has 2 aliphatic heterocycles. The third-order valence-electron chi connectivity index (χ3n) is 9.04. The van der Waals surface area contributed by atoms with Crippen LogP contribution in [0.25, 0.3) is 11.2 Å². The van der Waals surface area contributed by atoms with E-state index >= 15 is 0 Å². The van der Waals surface area contributed by atoms with Gasteiger partial charge in [0.15, 0.2) is 35.9 Å². The normalized spacial score (nSPS) is 24.6. The van der Waals surface area contributed by atoms with Gasteiger partial charge in [-0.3, -0.25) is 19.1 Å². The predicted molar refractivity (Wildman–Crippen MR) is 167 cm³/mol. The molecule has 0 spiro atoms. The lowest BCUT2D eigenvalue weighted by Crippen LogP contribution is -2.53. The average molecular weight is 642 g/mol. The van der Waals surface area contributed by atoms with Crippen LogP contribution in [0.3, 0.4) is 0 Å². The van der Waals surface area contributed by atoms with E-state index in [0.29, 0.717) is 46.9 Å². The minimum atomic E-state index is -1.16. The first kappa shape index (κ1) is 31.4. The number of hydrogen-bond donors (Lipinski definition) is 4. The highest BCUT2D eigenvalue weighted by atomic mass is 35.5. The van der Waals surface area contributed by atoms with Crippen LogP contribution in [0.15, 0.2) is 30.9 Å². The van der Waals surface area contributed by atoms with Crippen molar-refractivity contribution in [2.45, 2.75) is 69.2 Å². The molecule has 2 saturated heterocycles. The number of nitrogens with two attached hydrogens (primary N) is 1. The maximum absolute atomic E-state index is 13.0. The Hall–Kier alpha value is -3.56. The Morgan fingerprint density at radius 3 is 2.67 bits per heavy atom. The molecule has 0 unspecified atom stereocenters. The van der Waals surface area contributed by atoms with E-state index in [9.17, 15) is 14.7 Å². The van der Waals surface area contributed by atoms with Crippen LogP contribution in [0.1, 0.15) is 43.9 Å². The summed E-state index contributed by atoms with van der Waals surface area (Å²) >= 11 is 6.32. The van der Waals surface area contributed by atoms with Gasteiger partial charge >= 0.3 is 0 Å². The molecule has 2 amide bonds. The SMILES string of the molecule is CNC(=O)[C@H]1O[C@@H](n2cnc3c(NCc4cc(Cl)ccc4OCC(=O)N4CCN(C5CCCCC5)CC4)ncnc32)[C@H](O)[C@@H]1N. The minimum absolute atomic E-state index is 0.0371. The number of likely N-dealkylation sites (N-methyl/N-ethyl adjacent to an activating group) is 1. The highest BCUT2D eigenvalue weighted by Gasteiger charge is 2.46. The summed E-state index contributed by atoms with van der Waals surface area (Å²) in [5.74, 6) is 0.499. The maximum Gasteiger partial charge on any atom is 0.260 e. The molecular formula is C30H40ClN9O5. The molecule has 4 heterocycles. The van der Waals surface area contributed by atoms with Gasteiger partial charge in [-0.25, -0.2) is 15.0 Å². The third kappa shape index (κ3) is 6.70. The number of carbonyl (C=O) groups is 2. The number of aliphatic hydroxyl groups is 1. The van der Waals surface area contributed by atoms with Crippen LogP contribution in [0, 0.1) is 0 Å². The molecule has 5 N–H and O–H groups in total. The van der Waals surface area contributed by atoms with Crippen molar-refractivity contribution in [1.82, 2.24) is 34.6 Å². The van der Waals surface area contributed by atoms with Crippen molar-refractivity contribution >= 4 is 40.4 Å². The fourth-order valence-electron chi connectivity index (χ4n) is 6.49. The number of ether oxygens (including phenoxy) is 2. The van der Waals surface area contributed by atoms with E-state index in [0.717, 1.165) is 18.7 Å². The molecule has 15 heteroatoms. The lowest BCUT2D eigenvalue weighted by molar-refractivity contribution is -0.135. The van der Waals surface area contributed by atoms with E-state index in [1.165, 1.54) is 56.4 Å². The largest absolute Gasteiger partial charge is 0.483 e. The van der Waals surface area contributed by atoms with Gasteiger partial charge in [-0.15, -0.1) is 0 Å². The fraction of sp³-hybridized carbons (Fsp3) is 0.567. The van der Waals surface area contributed by atoms with Crippen molar-refractivity contribution in [3.63, 3.8) is 0 Å². The number of fused-ring (bicyclic) bond motifs is 1. The number of hydrogen-bond acceptors (Lipinski definition) is 11. The van der Waals surface area contributed by atoms with Crippen molar-refractivity contribution in [3.8, 4) is 5.75 Å². The lowest BCUT2D eigenvalue weighted by Gasteiger charge is -2.40. The van der Waals surface area contributed by atoms with Crippen LogP contribution in [-0.2, 0) is 20.9 Å². The molecular weight excluding hydrogens is 602 g/mol. The number of rotatable bonds is 9. The van der Waals surface area contributed by atoms with Crippen LogP contribution in [0.5, 0.6) is 5.75 Å². The zero-order valence-electron chi connectivity index (χ0n) is 25.3. The number of nitrogens with one attached hydrogen (secondary N) is 2. The molecule has 1 aliphatic carbocycles. The maximum atomic E-state index is 13.0. The number of aromatic nitrogens is 4. The third-order valence-corrected chi connectivity index (χ3v) is 9.27. The van der Waals surface area contributed by atoms with Gasteiger partial charge in [0, 0.05) is 56.4 Å². The van der Waals surface area contributed by atoms with Gasteiger partial charge in [0.2, 0.25) is 0 Å². The number of halogens is 1. The first-order valence-electron chi connectivity index (χ1n) is 15.5. The van der Waals surface area contributed by atoms with E-state index in [4.69, 9.17) is 26.8 Å². The second-order valence-corrected chi connectivity index (χ2v) is 12.2. The van der Waals surface area contributed by atoms with Gasteiger partial charge in [-0.2, -0.15) is 0 Å². The summed E-state index contributed by atoms with van der Waals surface area (Å²) in [5.41, 5.74) is 7.61. The number of nitrogens with zero attached hydrogens (tertiary/aromatic N) is 6. The molecule has 4 atom stereocenters. The topological polar surface area (TPSA) is 173 Å². The molecule has 3 aliphatic rings. The second-order valence-electron chi connectivity index (χ2n) is 11.8. The number of carbonyl (C=O) groups excluding carboxylic acids is 2. The predicted octanol–water partition coefficient (Wildman–Crippen LogP) is 1.28. The average Bonchev–Trinajstić information content (AvgIpc) is 3.63. The zero-order chi connectivity index (χ0) is 31.5. The van der Waals surface area contributed by atoms with Gasteiger partial charge in [-0.05, 0) is 31.0 Å². The van der Waals surface area contributed by atoms with Gasteiger partial charge in [-0.1, -0.05) is 30.9 Å². The molecule has 0 bridgehead atoms. The van der Waals surface area contributed by atoms with Crippen molar-refractivity contribution < 1.29 is 24.2 Å². The second kappa shape index (κ2) is 13.8. The molecule has 0 radical (unpaired) electrons. The summed E-state index contributed by atoms with van der Waals surface area (Å²) in [6.07, 6.45) is 6.15. The summed E-state index contributed by atoms with van der Waals surface area (Å²) in [6, 6.07) is 4.98. The lowest BCUT2D eigenvalue weighted by atomic mass is 9.94. The standard InChI is InChI=1S/C30H40ClN9O5/c1-33-29(43)26-23(32)25(42)30(45-26)40-17-37-24-27(35-16-36-28(24)40)34-14-18-13-19(31)7-8-21(18)44-15-22(41)39-11-9-38(10-12-39)20-5-3-2-4-6-20/h7-8,13,16-17,20,23,25-26,30,42H,2-6,9-12,14-15,32H2,1H3,(H,33,43)(H,34,35,36)/t23-,25+,26-,30+/m0/s1. The number of benzene rings is 1. The number of imidazole rings is 1. The van der Waals surface area contributed by atoms with Gasteiger partial charge in [0.1, 0.15) is 18.2 Å². The van der Waals surface area contributed by atoms with Gasteiger partial charge in [0.25, 0.3) is 11.8 Å². The number of piperazine rings is 1. The molecule has 1 saturated carbocycles. The van der Waals surface area contributed by atoms with E-state index in [-0.39, 0.29) is 19.1 Å². The van der Waals surface area contributed by atoms with E-state index < -0.39 is 30.4 Å². The number of aliphatic hydroxyl groups excluding tert-OH is 1. The minimum Gasteiger partial charge on any atom is -0.483 e. The highest BCUT2D eigenvalue weighted by Crippen LogP contribution is 2.32. The van der Waals surface area contributed by atoms with E-state index in [2.05, 4.69) is 30.5 Å². The first-order chi connectivity index (χ1) is 21.8. The monoisotopic (exact) mass is 641 g/mol. The smallest absolute Gasteiger partial charge is 0.260 e. The molecule has 6 rings (SSSR count). The quantitative estimate of drug-likeness (QED) is 0.265. The molecule has 45 heavy (non-hydrogen) atoms. The van der Waals surface area contributed by atoms with Crippen molar-refractivity contribution in [2.75, 3.05) is 45.2 Å². The molecule has 242 valence electrons. The number of anilines is 1. The Morgan fingerprint density at radius 2 is 1.91 bits per heavy atom. The van der Waals surface area contributed by atoms with Crippen LogP contribution in [0.4, 0.5) is 5.82 Å². The van der Waals surface area contributed by atoms with Crippen molar-refractivity contribution in [2.24, 2.45) is 5.73 Å². The Kier molecular flexibility index (Phi) is 9.66. The first-order valence-corrected chi connectivity index (χ1v) is 15.9. The molecule has 3 aromatic rings. The van der Waals surface area contributed by atoms with Crippen LogP contribution < -0.4 is 21.1 Å². The Morgan fingerprint density at radius 1 is 1.13 bits per heavy atom. The summed E-state index contributed by atoms with van der Waals surface area (Å²) in [6.45, 7) is 3.45. The van der Waals surface area contributed by atoms with Gasteiger partial charge < -0.3 is 35.8 Å². The Bertz CT molecular complexity index is 1510. The molecule has 1 aromatic carbocycles. The van der Waals surface area contributed by atoms with Crippen LogP contribution in [0.2, 0.25) is 5.02 Å². The fourth-order valence-corrected chi connectivity index (χ4v) is 6.68. The van der Waals surface area contributed by atoms with Crippen molar-refractivity contribution in [3.05, 3.63) is 41.4 Å². The van der Waals surface area contributed by atoms with E-state index in [1.54, 1.807) is 18.2 Å². The summed E-state index contributed by atoms with van der Waals surface area (Å²) < 4.78 is 13.3. The zero-order valence-corrected chi connectivity index (χ0v) is 26.0. The van der Waals surface area contributed by atoms with Crippen molar-refractivity contribution in [1.29, 1.82) is 0 Å². The molecule has 2 aromatic heterocycles. The molecule has 14 nitrogen and oxygen atoms in total. The highest BCUT2D eigenvalue weighted by molar-refractivity contribution is 6.30. The summed E-state index contributed by atoms with van der Waals surface area (Å²) in [4.78, 5) is 42.8. The van der Waals surface area contributed by atoms with Gasteiger partial charge in [0.05, 0.1) is 12.4 Å². The summed E-state index contributed by atoms with van der Waals surface area (Å²) in [7, 11) is 1.48. The van der Waals surface area contributed by atoms with Crippen LogP contribution >= 0.6 is 11.6 Å². The van der Waals surface area contributed by atoms with E-state index in [1.807, 2.05) is 4.90 Å². The molecule has 3 fully saturated rings. The Balaban J connectivity index is 1.09. The van der Waals surface area contributed by atoms with Crippen LogP contribution in [-0.4, -0.2) is 110 Å².